The Kier molecular flexibility index (Phi) is 5.03. The number of aromatic nitrogens is 1. The first kappa shape index (κ1) is 16.1. The number of benzene rings is 1. The summed E-state index contributed by atoms with van der Waals surface area (Å²) in [6.07, 6.45) is 4.60. The van der Waals surface area contributed by atoms with Crippen LogP contribution in [-0.2, 0) is 6.54 Å². The van der Waals surface area contributed by atoms with Crippen LogP contribution in [0.2, 0.25) is 5.02 Å². The SMILES string of the molecule is COc1cccc([C@@H]2CCN(Cc3ccncc3Cl)C2)c1OC. The minimum absolute atomic E-state index is 0.445. The molecule has 0 radical (unpaired) electrons. The molecule has 1 aliphatic heterocycles. The molecule has 0 aliphatic carbocycles. The van der Waals surface area contributed by atoms with E-state index in [4.69, 9.17) is 21.1 Å². The Hall–Kier alpha value is -1.78. The smallest absolute Gasteiger partial charge is 0.164 e. The Balaban J connectivity index is 1.74. The van der Waals surface area contributed by atoms with Gasteiger partial charge in [0.2, 0.25) is 0 Å². The second kappa shape index (κ2) is 7.20. The molecule has 0 spiro atoms. The normalized spacial score (nSPS) is 18.1. The first-order valence-corrected chi connectivity index (χ1v) is 8.12. The van der Waals surface area contributed by atoms with E-state index in [-0.39, 0.29) is 0 Å². The van der Waals surface area contributed by atoms with Crippen molar-refractivity contribution < 1.29 is 9.47 Å². The average molecular weight is 333 g/mol. The Bertz CT molecular complexity index is 678. The summed E-state index contributed by atoms with van der Waals surface area (Å²) in [5.41, 5.74) is 2.34. The van der Waals surface area contributed by atoms with Crippen molar-refractivity contribution in [2.75, 3.05) is 27.3 Å². The van der Waals surface area contributed by atoms with Gasteiger partial charge in [-0.15, -0.1) is 0 Å². The zero-order chi connectivity index (χ0) is 16.2. The molecule has 1 aliphatic rings. The largest absolute Gasteiger partial charge is 0.493 e. The third kappa shape index (κ3) is 3.43. The molecular formula is C18H21ClN2O2. The van der Waals surface area contributed by atoms with E-state index in [1.807, 2.05) is 18.2 Å². The molecular weight excluding hydrogens is 312 g/mol. The van der Waals surface area contributed by atoms with Crippen LogP contribution in [0, 0.1) is 0 Å². The van der Waals surface area contributed by atoms with Crippen molar-refractivity contribution in [2.24, 2.45) is 0 Å². The minimum Gasteiger partial charge on any atom is -0.493 e. The maximum absolute atomic E-state index is 6.22. The lowest BCUT2D eigenvalue weighted by molar-refractivity contribution is 0.323. The summed E-state index contributed by atoms with van der Waals surface area (Å²) in [5, 5.41) is 0.731. The molecule has 0 amide bonds. The van der Waals surface area contributed by atoms with Crippen LogP contribution in [0.25, 0.3) is 0 Å². The highest BCUT2D eigenvalue weighted by molar-refractivity contribution is 6.31. The zero-order valence-electron chi connectivity index (χ0n) is 13.5. The fourth-order valence-electron chi connectivity index (χ4n) is 3.24. The van der Waals surface area contributed by atoms with E-state index < -0.39 is 0 Å². The molecule has 4 nitrogen and oxygen atoms in total. The van der Waals surface area contributed by atoms with Gasteiger partial charge in [0.15, 0.2) is 11.5 Å². The van der Waals surface area contributed by atoms with Crippen molar-refractivity contribution in [1.29, 1.82) is 0 Å². The van der Waals surface area contributed by atoms with Crippen LogP contribution in [0.15, 0.2) is 36.7 Å². The van der Waals surface area contributed by atoms with Gasteiger partial charge in [-0.25, -0.2) is 0 Å². The quantitative estimate of drug-likeness (QED) is 0.835. The summed E-state index contributed by atoms with van der Waals surface area (Å²) in [4.78, 5) is 6.46. The molecule has 0 N–H and O–H groups in total. The van der Waals surface area contributed by atoms with Gasteiger partial charge in [0, 0.05) is 37.0 Å². The Morgan fingerprint density at radius 2 is 2.13 bits per heavy atom. The van der Waals surface area contributed by atoms with Gasteiger partial charge in [0.25, 0.3) is 0 Å². The van der Waals surface area contributed by atoms with E-state index in [0.717, 1.165) is 48.1 Å². The molecule has 1 aromatic carbocycles. The van der Waals surface area contributed by atoms with Gasteiger partial charge in [-0.05, 0) is 30.7 Å². The lowest BCUT2D eigenvalue weighted by Gasteiger charge is -2.19. The summed E-state index contributed by atoms with van der Waals surface area (Å²) in [6.45, 7) is 2.88. The topological polar surface area (TPSA) is 34.6 Å². The fourth-order valence-corrected chi connectivity index (χ4v) is 3.42. The molecule has 2 heterocycles. The van der Waals surface area contributed by atoms with Crippen molar-refractivity contribution in [1.82, 2.24) is 9.88 Å². The van der Waals surface area contributed by atoms with Crippen LogP contribution in [-0.4, -0.2) is 37.2 Å². The summed E-state index contributed by atoms with van der Waals surface area (Å²) in [7, 11) is 3.37. The maximum atomic E-state index is 6.22. The van der Waals surface area contributed by atoms with Crippen LogP contribution < -0.4 is 9.47 Å². The molecule has 1 fully saturated rings. The highest BCUT2D eigenvalue weighted by Gasteiger charge is 2.27. The van der Waals surface area contributed by atoms with Crippen molar-refractivity contribution in [2.45, 2.75) is 18.9 Å². The fraction of sp³-hybridized carbons (Fsp3) is 0.389. The maximum Gasteiger partial charge on any atom is 0.164 e. The predicted octanol–water partition coefficient (Wildman–Crippen LogP) is 3.74. The Labute approximate surface area is 142 Å². The summed E-state index contributed by atoms with van der Waals surface area (Å²) >= 11 is 6.22. The number of hydrogen-bond acceptors (Lipinski definition) is 4. The first-order chi connectivity index (χ1) is 11.2. The van der Waals surface area contributed by atoms with Gasteiger partial charge in [-0.2, -0.15) is 0 Å². The Morgan fingerprint density at radius 3 is 2.87 bits per heavy atom. The molecule has 0 saturated carbocycles. The van der Waals surface area contributed by atoms with Gasteiger partial charge < -0.3 is 9.47 Å². The molecule has 1 atom stereocenters. The molecule has 0 unspecified atom stereocenters. The van der Waals surface area contributed by atoms with E-state index in [1.165, 1.54) is 5.56 Å². The summed E-state index contributed by atoms with van der Waals surface area (Å²) in [6, 6.07) is 8.08. The van der Waals surface area contributed by atoms with Gasteiger partial charge >= 0.3 is 0 Å². The number of rotatable bonds is 5. The van der Waals surface area contributed by atoms with Crippen LogP contribution in [0.1, 0.15) is 23.5 Å². The molecule has 122 valence electrons. The van der Waals surface area contributed by atoms with Gasteiger partial charge in [-0.3, -0.25) is 9.88 Å². The summed E-state index contributed by atoms with van der Waals surface area (Å²) in [5.74, 6) is 2.09. The summed E-state index contributed by atoms with van der Waals surface area (Å²) < 4.78 is 11.0. The van der Waals surface area contributed by atoms with Gasteiger partial charge in [0.1, 0.15) is 0 Å². The number of ether oxygens (including phenoxy) is 2. The number of para-hydroxylation sites is 1. The van der Waals surface area contributed by atoms with E-state index in [1.54, 1.807) is 26.6 Å². The van der Waals surface area contributed by atoms with Gasteiger partial charge in [0.05, 0.1) is 19.2 Å². The second-order valence-electron chi connectivity index (χ2n) is 5.77. The monoisotopic (exact) mass is 332 g/mol. The van der Waals surface area contributed by atoms with Crippen LogP contribution in [0.3, 0.4) is 0 Å². The van der Waals surface area contributed by atoms with Crippen LogP contribution >= 0.6 is 11.6 Å². The highest BCUT2D eigenvalue weighted by atomic mass is 35.5. The molecule has 1 saturated heterocycles. The van der Waals surface area contributed by atoms with E-state index >= 15 is 0 Å². The number of hydrogen-bond donors (Lipinski definition) is 0. The van der Waals surface area contributed by atoms with Crippen molar-refractivity contribution in [3.8, 4) is 11.5 Å². The Morgan fingerprint density at radius 1 is 1.26 bits per heavy atom. The standard InChI is InChI=1S/C18H21ClN2O2/c1-22-17-5-3-4-15(18(17)23-2)13-7-9-21(11-13)12-14-6-8-20-10-16(14)19/h3-6,8,10,13H,7,9,11-12H2,1-2H3/t13-/m1/s1. The van der Waals surface area contributed by atoms with Crippen LogP contribution in [0.4, 0.5) is 0 Å². The first-order valence-electron chi connectivity index (χ1n) is 7.74. The van der Waals surface area contributed by atoms with Crippen LogP contribution in [0.5, 0.6) is 11.5 Å². The number of methoxy groups -OCH3 is 2. The van der Waals surface area contributed by atoms with E-state index in [2.05, 4.69) is 16.0 Å². The van der Waals surface area contributed by atoms with E-state index in [9.17, 15) is 0 Å². The van der Waals surface area contributed by atoms with Crippen molar-refractivity contribution in [3.05, 3.63) is 52.8 Å². The molecule has 1 aromatic heterocycles. The predicted molar refractivity (Wildman–Crippen MR) is 91.4 cm³/mol. The zero-order valence-corrected chi connectivity index (χ0v) is 14.2. The molecule has 5 heteroatoms. The number of pyridine rings is 1. The lowest BCUT2D eigenvalue weighted by Crippen LogP contribution is -2.20. The third-order valence-electron chi connectivity index (χ3n) is 4.40. The van der Waals surface area contributed by atoms with Crippen molar-refractivity contribution >= 4 is 11.6 Å². The number of likely N-dealkylation sites (tertiary alicyclic amines) is 1. The second-order valence-corrected chi connectivity index (χ2v) is 6.18. The molecule has 2 aromatic rings. The van der Waals surface area contributed by atoms with Crippen molar-refractivity contribution in [3.63, 3.8) is 0 Å². The molecule has 23 heavy (non-hydrogen) atoms. The minimum atomic E-state index is 0.445. The van der Waals surface area contributed by atoms with Gasteiger partial charge in [-0.1, -0.05) is 23.7 Å². The van der Waals surface area contributed by atoms with E-state index in [0.29, 0.717) is 5.92 Å². The average Bonchev–Trinajstić information content (AvgIpc) is 3.04. The lowest BCUT2D eigenvalue weighted by atomic mass is 9.97. The molecule has 0 bridgehead atoms. The highest BCUT2D eigenvalue weighted by Crippen LogP contribution is 2.39. The third-order valence-corrected chi connectivity index (χ3v) is 4.74. The number of halogens is 1. The molecule has 3 rings (SSSR count). The number of nitrogens with zero attached hydrogens (tertiary/aromatic N) is 2.